The molecule has 0 spiro atoms. The first-order valence-electron chi connectivity index (χ1n) is 8.51. The van der Waals surface area contributed by atoms with Crippen LogP contribution in [0.4, 0.5) is 0 Å². The third-order valence-corrected chi connectivity index (χ3v) is 5.52. The summed E-state index contributed by atoms with van der Waals surface area (Å²) < 4.78 is 9.39. The minimum absolute atomic E-state index is 0.0671. The molecule has 25 heavy (non-hydrogen) atoms. The molecule has 0 aliphatic carbocycles. The molecule has 1 fully saturated rings. The molecule has 0 saturated carbocycles. The van der Waals surface area contributed by atoms with Crippen LogP contribution in [0.5, 0.6) is 0 Å². The Kier molecular flexibility index (Phi) is 4.59. The van der Waals surface area contributed by atoms with Gasteiger partial charge in [-0.05, 0) is 31.4 Å². The second-order valence-corrected chi connectivity index (χ2v) is 7.13. The Bertz CT molecular complexity index is 972. The Balaban J connectivity index is 1.80. The molecule has 3 heterocycles. The number of aromatic nitrogens is 4. The minimum atomic E-state index is -0.0671. The van der Waals surface area contributed by atoms with Crippen LogP contribution in [0.3, 0.4) is 0 Å². The molecule has 4 rings (SSSR count). The number of para-hydroxylation sites is 1. The van der Waals surface area contributed by atoms with Crippen LogP contribution in [0.2, 0.25) is 0 Å². The topological polar surface area (TPSA) is 61.4 Å². The number of hydrogen-bond donors (Lipinski definition) is 0. The second kappa shape index (κ2) is 7.01. The van der Waals surface area contributed by atoms with Crippen LogP contribution in [0.15, 0.2) is 46.9 Å². The van der Waals surface area contributed by atoms with Gasteiger partial charge in [0.2, 0.25) is 5.78 Å². The van der Waals surface area contributed by atoms with Crippen molar-refractivity contribution < 1.29 is 4.74 Å². The lowest BCUT2D eigenvalue weighted by atomic mass is 10.1. The highest BCUT2D eigenvalue weighted by molar-refractivity contribution is 7.99. The highest BCUT2D eigenvalue weighted by Crippen LogP contribution is 2.25. The molecule has 0 radical (unpaired) electrons. The molecule has 3 aromatic rings. The maximum absolute atomic E-state index is 12.8. The Labute approximate surface area is 149 Å². The molecule has 0 bridgehead atoms. The summed E-state index contributed by atoms with van der Waals surface area (Å²) in [6.45, 7) is 4.99. The van der Waals surface area contributed by atoms with E-state index >= 15 is 0 Å². The van der Waals surface area contributed by atoms with Gasteiger partial charge >= 0.3 is 0 Å². The Morgan fingerprint density at radius 1 is 1.32 bits per heavy atom. The molecule has 2 aromatic heterocycles. The molecule has 1 atom stereocenters. The summed E-state index contributed by atoms with van der Waals surface area (Å²) >= 11 is 1.63. The zero-order valence-corrected chi connectivity index (χ0v) is 14.7. The van der Waals surface area contributed by atoms with Crippen molar-refractivity contribution in [1.29, 1.82) is 0 Å². The quantitative estimate of drug-likeness (QED) is 0.520. The molecule has 1 aliphatic heterocycles. The smallest absolute Gasteiger partial charge is 0.263 e. The fourth-order valence-corrected chi connectivity index (χ4v) is 4.23. The van der Waals surface area contributed by atoms with Crippen molar-refractivity contribution in [1.82, 2.24) is 19.2 Å². The summed E-state index contributed by atoms with van der Waals surface area (Å²) in [4.78, 5) is 12.8. The standard InChI is InChI=1S/C18H20N4O2S/c1-2-10-21-16(23)14-8-3-4-9-15(14)22-17(21)19-20-18(22)25-12-13-7-5-6-11-24-13/h2-4,8-9,13H,1,5-7,10-12H2/t13-/m1/s1. The average Bonchev–Trinajstić information content (AvgIpc) is 3.08. The highest BCUT2D eigenvalue weighted by Gasteiger charge is 2.19. The molecule has 1 aromatic carbocycles. The lowest BCUT2D eigenvalue weighted by molar-refractivity contribution is 0.0315. The van der Waals surface area contributed by atoms with Gasteiger partial charge in [-0.1, -0.05) is 30.0 Å². The summed E-state index contributed by atoms with van der Waals surface area (Å²) in [5.74, 6) is 1.39. The van der Waals surface area contributed by atoms with Gasteiger partial charge in [0.15, 0.2) is 5.16 Å². The molecular formula is C18H20N4O2S. The van der Waals surface area contributed by atoms with E-state index in [1.165, 1.54) is 6.42 Å². The van der Waals surface area contributed by atoms with Crippen LogP contribution in [0.25, 0.3) is 16.7 Å². The number of ether oxygens (including phenoxy) is 1. The number of nitrogens with zero attached hydrogens (tertiary/aromatic N) is 4. The summed E-state index contributed by atoms with van der Waals surface area (Å²) in [5, 5.41) is 10.1. The zero-order chi connectivity index (χ0) is 17.2. The van der Waals surface area contributed by atoms with E-state index in [4.69, 9.17) is 4.74 Å². The number of hydrogen-bond acceptors (Lipinski definition) is 5. The normalized spacial score (nSPS) is 18.0. The van der Waals surface area contributed by atoms with Crippen LogP contribution in [-0.2, 0) is 11.3 Å². The lowest BCUT2D eigenvalue weighted by Crippen LogP contribution is -2.23. The van der Waals surface area contributed by atoms with Crippen molar-refractivity contribution in [2.24, 2.45) is 0 Å². The average molecular weight is 356 g/mol. The van der Waals surface area contributed by atoms with Crippen molar-refractivity contribution in [2.75, 3.05) is 12.4 Å². The van der Waals surface area contributed by atoms with Gasteiger partial charge in [-0.15, -0.1) is 16.8 Å². The van der Waals surface area contributed by atoms with Gasteiger partial charge in [0.25, 0.3) is 5.56 Å². The first kappa shape index (κ1) is 16.4. The summed E-state index contributed by atoms with van der Waals surface area (Å²) in [6.07, 6.45) is 5.41. The Hall–Kier alpha value is -2.12. The zero-order valence-electron chi connectivity index (χ0n) is 13.9. The molecule has 130 valence electrons. The van der Waals surface area contributed by atoms with E-state index in [9.17, 15) is 4.79 Å². The summed E-state index contributed by atoms with van der Waals surface area (Å²) in [6, 6.07) is 7.58. The van der Waals surface area contributed by atoms with Gasteiger partial charge < -0.3 is 4.74 Å². The molecule has 0 N–H and O–H groups in total. The van der Waals surface area contributed by atoms with Crippen molar-refractivity contribution in [2.45, 2.75) is 37.1 Å². The second-order valence-electron chi connectivity index (χ2n) is 6.14. The number of rotatable bonds is 5. The monoisotopic (exact) mass is 356 g/mol. The fourth-order valence-electron chi connectivity index (χ4n) is 3.23. The van der Waals surface area contributed by atoms with Gasteiger partial charge in [0.1, 0.15) is 0 Å². The van der Waals surface area contributed by atoms with E-state index in [0.717, 1.165) is 35.9 Å². The van der Waals surface area contributed by atoms with Gasteiger partial charge in [-0.2, -0.15) is 0 Å². The third kappa shape index (κ3) is 2.98. The van der Waals surface area contributed by atoms with Gasteiger partial charge in [-0.25, -0.2) is 0 Å². The van der Waals surface area contributed by atoms with Crippen LogP contribution in [0.1, 0.15) is 19.3 Å². The fraction of sp³-hybridized carbons (Fsp3) is 0.389. The number of benzene rings is 1. The minimum Gasteiger partial charge on any atom is -0.377 e. The van der Waals surface area contributed by atoms with E-state index in [-0.39, 0.29) is 11.7 Å². The largest absolute Gasteiger partial charge is 0.377 e. The van der Waals surface area contributed by atoms with Crippen molar-refractivity contribution in [3.63, 3.8) is 0 Å². The van der Waals surface area contributed by atoms with Crippen molar-refractivity contribution >= 4 is 28.4 Å². The molecule has 7 heteroatoms. The van der Waals surface area contributed by atoms with E-state index in [2.05, 4.69) is 16.8 Å². The van der Waals surface area contributed by atoms with E-state index in [1.54, 1.807) is 22.4 Å². The van der Waals surface area contributed by atoms with Crippen LogP contribution in [-0.4, -0.2) is 37.6 Å². The number of allylic oxidation sites excluding steroid dienone is 1. The van der Waals surface area contributed by atoms with E-state index < -0.39 is 0 Å². The van der Waals surface area contributed by atoms with Crippen LogP contribution >= 0.6 is 11.8 Å². The van der Waals surface area contributed by atoms with Crippen LogP contribution in [0, 0.1) is 0 Å². The predicted molar refractivity (Wildman–Crippen MR) is 99.3 cm³/mol. The third-order valence-electron chi connectivity index (χ3n) is 4.46. The SMILES string of the molecule is C=CCn1c(=O)c2ccccc2n2c(SC[C@H]3CCCCO3)nnc12. The number of thioether (sulfide) groups is 1. The Morgan fingerprint density at radius 3 is 3.00 bits per heavy atom. The maximum Gasteiger partial charge on any atom is 0.263 e. The number of fused-ring (bicyclic) bond motifs is 3. The summed E-state index contributed by atoms with van der Waals surface area (Å²) in [5.41, 5.74) is 0.766. The van der Waals surface area contributed by atoms with E-state index in [1.807, 2.05) is 28.7 Å². The first-order valence-corrected chi connectivity index (χ1v) is 9.50. The summed E-state index contributed by atoms with van der Waals surface area (Å²) in [7, 11) is 0. The molecule has 1 aliphatic rings. The highest BCUT2D eigenvalue weighted by atomic mass is 32.2. The molecule has 1 saturated heterocycles. The van der Waals surface area contributed by atoms with Crippen LogP contribution < -0.4 is 5.56 Å². The van der Waals surface area contributed by atoms with Gasteiger partial charge in [0, 0.05) is 18.9 Å². The molecule has 0 amide bonds. The van der Waals surface area contributed by atoms with Gasteiger partial charge in [0.05, 0.1) is 17.0 Å². The maximum atomic E-state index is 12.8. The Morgan fingerprint density at radius 2 is 2.20 bits per heavy atom. The van der Waals surface area contributed by atoms with Gasteiger partial charge in [-0.3, -0.25) is 13.8 Å². The van der Waals surface area contributed by atoms with Crippen molar-refractivity contribution in [3.05, 3.63) is 47.3 Å². The van der Waals surface area contributed by atoms with E-state index in [0.29, 0.717) is 17.7 Å². The predicted octanol–water partition coefficient (Wildman–Crippen LogP) is 2.89. The first-order chi connectivity index (χ1) is 12.3. The molecule has 0 unspecified atom stereocenters. The molecule has 6 nitrogen and oxygen atoms in total. The molecular weight excluding hydrogens is 336 g/mol. The van der Waals surface area contributed by atoms with Crippen molar-refractivity contribution in [3.8, 4) is 0 Å². The lowest BCUT2D eigenvalue weighted by Gasteiger charge is -2.21.